The van der Waals surface area contributed by atoms with Crippen molar-refractivity contribution in [3.8, 4) is 11.3 Å². The van der Waals surface area contributed by atoms with E-state index in [2.05, 4.69) is 20.1 Å². The summed E-state index contributed by atoms with van der Waals surface area (Å²) in [5.74, 6) is 2.45. The van der Waals surface area contributed by atoms with Gasteiger partial charge in [0.1, 0.15) is 17.3 Å². The Bertz CT molecular complexity index is 891. The second-order valence-electron chi connectivity index (χ2n) is 6.45. The molecule has 3 heterocycles. The zero-order chi connectivity index (χ0) is 17.4. The summed E-state index contributed by atoms with van der Waals surface area (Å²) >= 11 is 0. The van der Waals surface area contributed by atoms with E-state index < -0.39 is 0 Å². The van der Waals surface area contributed by atoms with Crippen LogP contribution >= 0.6 is 0 Å². The van der Waals surface area contributed by atoms with Crippen LogP contribution in [0.1, 0.15) is 29.4 Å². The molecule has 0 N–H and O–H groups in total. The van der Waals surface area contributed by atoms with E-state index in [4.69, 9.17) is 4.42 Å². The number of anilines is 1. The van der Waals surface area contributed by atoms with E-state index in [1.165, 1.54) is 12.1 Å². The molecule has 0 amide bonds. The molecule has 1 unspecified atom stereocenters. The number of aryl methyl sites for hydroxylation is 2. The molecule has 0 bridgehead atoms. The van der Waals surface area contributed by atoms with Crippen LogP contribution in [0.4, 0.5) is 10.3 Å². The van der Waals surface area contributed by atoms with Crippen LogP contribution in [-0.4, -0.2) is 28.3 Å². The van der Waals surface area contributed by atoms with Crippen LogP contribution in [0, 0.1) is 19.7 Å². The van der Waals surface area contributed by atoms with Gasteiger partial charge in [0.05, 0.1) is 11.9 Å². The van der Waals surface area contributed by atoms with Gasteiger partial charge in [0, 0.05) is 24.6 Å². The predicted octanol–water partition coefficient (Wildman–Crippen LogP) is 3.88. The molecule has 1 aliphatic rings. The minimum atomic E-state index is -0.204. The molecule has 1 saturated heterocycles. The number of furan rings is 1. The van der Waals surface area contributed by atoms with Crippen LogP contribution in [0.25, 0.3) is 11.3 Å². The first-order valence-electron chi connectivity index (χ1n) is 8.37. The molecule has 1 atom stereocenters. The maximum absolute atomic E-state index is 13.1. The van der Waals surface area contributed by atoms with Gasteiger partial charge in [-0.15, -0.1) is 5.10 Å². The summed E-state index contributed by atoms with van der Waals surface area (Å²) in [5, 5.41) is 8.32. The van der Waals surface area contributed by atoms with Crippen molar-refractivity contribution in [1.82, 2.24) is 15.2 Å². The smallest absolute Gasteiger partial charge is 0.245 e. The van der Waals surface area contributed by atoms with Gasteiger partial charge in [0.25, 0.3) is 0 Å². The third kappa shape index (κ3) is 3.12. The van der Waals surface area contributed by atoms with Gasteiger partial charge in [-0.3, -0.25) is 0 Å². The van der Waals surface area contributed by atoms with Crippen molar-refractivity contribution in [2.75, 3.05) is 18.0 Å². The fourth-order valence-electron chi connectivity index (χ4n) is 3.39. The maximum Gasteiger partial charge on any atom is 0.245 e. The van der Waals surface area contributed by atoms with E-state index in [-0.39, 0.29) is 5.82 Å². The second-order valence-corrected chi connectivity index (χ2v) is 6.45. The van der Waals surface area contributed by atoms with E-state index in [9.17, 15) is 4.39 Å². The lowest BCUT2D eigenvalue weighted by atomic mass is 9.99. The van der Waals surface area contributed by atoms with E-state index in [1.54, 1.807) is 6.20 Å². The van der Waals surface area contributed by atoms with Gasteiger partial charge in [-0.1, -0.05) is 12.1 Å². The fraction of sp³-hybridized carbons (Fsp3) is 0.316. The molecule has 0 spiro atoms. The molecule has 3 aromatic rings. The Hall–Kier alpha value is -2.76. The number of benzene rings is 1. The number of halogens is 1. The first-order valence-corrected chi connectivity index (χ1v) is 8.37. The van der Waals surface area contributed by atoms with Gasteiger partial charge in [0.15, 0.2) is 0 Å². The van der Waals surface area contributed by atoms with E-state index in [1.807, 2.05) is 32.0 Å². The number of rotatable bonds is 3. The first-order chi connectivity index (χ1) is 12.1. The van der Waals surface area contributed by atoms with Gasteiger partial charge in [0.2, 0.25) is 5.95 Å². The number of hydrogen-bond donors (Lipinski definition) is 0. The topological polar surface area (TPSA) is 55.1 Å². The predicted molar refractivity (Wildman–Crippen MR) is 93.0 cm³/mol. The summed E-state index contributed by atoms with van der Waals surface area (Å²) in [6, 6.07) is 8.71. The van der Waals surface area contributed by atoms with Crippen LogP contribution in [-0.2, 0) is 0 Å². The quantitative estimate of drug-likeness (QED) is 0.725. The van der Waals surface area contributed by atoms with Gasteiger partial charge < -0.3 is 9.32 Å². The first kappa shape index (κ1) is 15.7. The minimum Gasteiger partial charge on any atom is -0.466 e. The van der Waals surface area contributed by atoms with Crippen LogP contribution in [0.3, 0.4) is 0 Å². The molecular weight excluding hydrogens is 319 g/mol. The van der Waals surface area contributed by atoms with Crippen LogP contribution < -0.4 is 4.90 Å². The van der Waals surface area contributed by atoms with Crippen LogP contribution in [0.15, 0.2) is 40.9 Å². The Morgan fingerprint density at radius 1 is 1.20 bits per heavy atom. The monoisotopic (exact) mass is 338 g/mol. The molecule has 0 saturated carbocycles. The summed E-state index contributed by atoms with van der Waals surface area (Å²) in [5.41, 5.74) is 2.86. The third-order valence-electron chi connectivity index (χ3n) is 4.68. The molecule has 2 aromatic heterocycles. The molecule has 5 nitrogen and oxygen atoms in total. The van der Waals surface area contributed by atoms with Crippen molar-refractivity contribution in [1.29, 1.82) is 0 Å². The summed E-state index contributed by atoms with van der Waals surface area (Å²) in [6.45, 7) is 5.50. The van der Waals surface area contributed by atoms with Gasteiger partial charge in [-0.05, 0) is 44.0 Å². The lowest BCUT2D eigenvalue weighted by Crippen LogP contribution is -2.22. The van der Waals surface area contributed by atoms with Crippen molar-refractivity contribution in [3.05, 3.63) is 59.4 Å². The second kappa shape index (κ2) is 6.27. The van der Waals surface area contributed by atoms with Gasteiger partial charge >= 0.3 is 0 Å². The van der Waals surface area contributed by atoms with Crippen molar-refractivity contribution in [2.45, 2.75) is 26.2 Å². The Labute approximate surface area is 145 Å². The molecule has 25 heavy (non-hydrogen) atoms. The molecule has 128 valence electrons. The Morgan fingerprint density at radius 3 is 2.72 bits per heavy atom. The van der Waals surface area contributed by atoms with Crippen molar-refractivity contribution in [2.24, 2.45) is 0 Å². The van der Waals surface area contributed by atoms with Gasteiger partial charge in [-0.25, -0.2) is 9.37 Å². The average Bonchev–Trinajstić information content (AvgIpc) is 3.22. The maximum atomic E-state index is 13.1. The Morgan fingerprint density at radius 2 is 2.00 bits per heavy atom. The molecule has 4 rings (SSSR count). The van der Waals surface area contributed by atoms with E-state index in [0.29, 0.717) is 11.9 Å². The molecule has 1 aliphatic heterocycles. The van der Waals surface area contributed by atoms with E-state index in [0.717, 1.165) is 47.9 Å². The average molecular weight is 338 g/mol. The molecule has 0 radical (unpaired) electrons. The minimum absolute atomic E-state index is 0.204. The molecule has 6 heteroatoms. The number of hydrogen-bond acceptors (Lipinski definition) is 5. The lowest BCUT2D eigenvalue weighted by Gasteiger charge is -2.16. The number of aromatic nitrogens is 3. The SMILES string of the molecule is Cc1cc(-c2cnnc(N3CCC(c4ccc(F)cc4)C3)n2)c(C)o1. The Kier molecular flexibility index (Phi) is 3.95. The fourth-order valence-corrected chi connectivity index (χ4v) is 3.39. The lowest BCUT2D eigenvalue weighted by molar-refractivity contribution is 0.505. The van der Waals surface area contributed by atoms with Gasteiger partial charge in [-0.2, -0.15) is 5.10 Å². The molecule has 1 fully saturated rings. The van der Waals surface area contributed by atoms with E-state index >= 15 is 0 Å². The normalized spacial score (nSPS) is 17.2. The Balaban J connectivity index is 1.56. The van der Waals surface area contributed by atoms with Crippen molar-refractivity contribution < 1.29 is 8.81 Å². The van der Waals surface area contributed by atoms with Crippen molar-refractivity contribution in [3.63, 3.8) is 0 Å². The largest absolute Gasteiger partial charge is 0.466 e. The van der Waals surface area contributed by atoms with Crippen molar-refractivity contribution >= 4 is 5.95 Å². The standard InChI is InChI=1S/C19H19FN4O/c1-12-9-17(13(2)25-12)18-10-21-23-19(22-18)24-8-7-15(11-24)14-3-5-16(20)6-4-14/h3-6,9-10,15H,7-8,11H2,1-2H3. The highest BCUT2D eigenvalue weighted by atomic mass is 19.1. The summed E-state index contributed by atoms with van der Waals surface area (Å²) in [4.78, 5) is 6.81. The highest BCUT2D eigenvalue weighted by Gasteiger charge is 2.26. The summed E-state index contributed by atoms with van der Waals surface area (Å²) < 4.78 is 18.7. The third-order valence-corrected chi connectivity index (χ3v) is 4.68. The van der Waals surface area contributed by atoms with Crippen LogP contribution in [0.2, 0.25) is 0 Å². The number of nitrogens with zero attached hydrogens (tertiary/aromatic N) is 4. The molecule has 0 aliphatic carbocycles. The molecular formula is C19H19FN4O. The zero-order valence-electron chi connectivity index (χ0n) is 14.2. The highest BCUT2D eigenvalue weighted by Crippen LogP contribution is 2.30. The summed E-state index contributed by atoms with van der Waals surface area (Å²) in [7, 11) is 0. The molecule has 1 aromatic carbocycles. The summed E-state index contributed by atoms with van der Waals surface area (Å²) in [6.07, 6.45) is 2.65. The van der Waals surface area contributed by atoms with Crippen LogP contribution in [0.5, 0.6) is 0 Å². The highest BCUT2D eigenvalue weighted by molar-refractivity contribution is 5.62. The zero-order valence-corrected chi connectivity index (χ0v) is 14.2.